The second-order valence-electron chi connectivity index (χ2n) is 3.88. The SMILES string of the molecule is COc1ccc(C(=O)c2ncc(Cl)cc2Cl)cc1OC. The number of carbonyl (C=O) groups excluding carboxylic acids is 1. The van der Waals surface area contributed by atoms with Crippen LogP contribution in [0.2, 0.25) is 10.0 Å². The van der Waals surface area contributed by atoms with Crippen LogP contribution in [-0.4, -0.2) is 25.0 Å². The van der Waals surface area contributed by atoms with Gasteiger partial charge < -0.3 is 9.47 Å². The summed E-state index contributed by atoms with van der Waals surface area (Å²) in [7, 11) is 3.02. The molecule has 0 amide bonds. The van der Waals surface area contributed by atoms with Crippen molar-refractivity contribution in [2.45, 2.75) is 0 Å². The first kappa shape index (κ1) is 14.6. The average molecular weight is 312 g/mol. The number of ether oxygens (including phenoxy) is 2. The standard InChI is InChI=1S/C14H11Cl2NO3/c1-19-11-4-3-8(5-12(11)20-2)14(18)13-10(16)6-9(15)7-17-13/h3-7H,1-2H3. The van der Waals surface area contributed by atoms with Gasteiger partial charge in [-0.3, -0.25) is 4.79 Å². The number of ketones is 1. The molecule has 1 aromatic carbocycles. The van der Waals surface area contributed by atoms with Gasteiger partial charge in [-0.05, 0) is 24.3 Å². The van der Waals surface area contributed by atoms with Crippen LogP contribution in [0.25, 0.3) is 0 Å². The second kappa shape index (κ2) is 6.11. The normalized spacial score (nSPS) is 10.2. The van der Waals surface area contributed by atoms with E-state index in [2.05, 4.69) is 4.98 Å². The number of benzene rings is 1. The van der Waals surface area contributed by atoms with Crippen LogP contribution in [0.3, 0.4) is 0 Å². The molecule has 1 aromatic heterocycles. The zero-order valence-corrected chi connectivity index (χ0v) is 12.3. The molecular weight excluding hydrogens is 301 g/mol. The zero-order chi connectivity index (χ0) is 14.7. The minimum atomic E-state index is -0.312. The molecular formula is C14H11Cl2NO3. The number of aromatic nitrogens is 1. The fraction of sp³-hybridized carbons (Fsp3) is 0.143. The van der Waals surface area contributed by atoms with E-state index in [1.54, 1.807) is 18.2 Å². The third kappa shape index (κ3) is 2.86. The maximum absolute atomic E-state index is 12.4. The lowest BCUT2D eigenvalue weighted by Gasteiger charge is -2.09. The molecule has 20 heavy (non-hydrogen) atoms. The second-order valence-corrected chi connectivity index (χ2v) is 4.73. The summed E-state index contributed by atoms with van der Waals surface area (Å²) in [5.41, 5.74) is 0.544. The third-order valence-electron chi connectivity index (χ3n) is 2.67. The molecule has 1 heterocycles. The van der Waals surface area contributed by atoms with Crippen LogP contribution in [0.5, 0.6) is 11.5 Å². The maximum Gasteiger partial charge on any atom is 0.213 e. The molecule has 0 spiro atoms. The molecule has 104 valence electrons. The van der Waals surface area contributed by atoms with E-state index in [4.69, 9.17) is 32.7 Å². The predicted molar refractivity (Wildman–Crippen MR) is 77.2 cm³/mol. The van der Waals surface area contributed by atoms with Crippen molar-refractivity contribution in [3.05, 3.63) is 51.8 Å². The molecule has 0 N–H and O–H groups in total. The molecule has 2 rings (SSSR count). The topological polar surface area (TPSA) is 48.4 Å². The molecule has 0 atom stereocenters. The van der Waals surface area contributed by atoms with Crippen LogP contribution >= 0.6 is 23.2 Å². The van der Waals surface area contributed by atoms with Gasteiger partial charge in [-0.15, -0.1) is 0 Å². The summed E-state index contributed by atoms with van der Waals surface area (Å²) < 4.78 is 10.3. The van der Waals surface area contributed by atoms with Crippen molar-refractivity contribution in [1.29, 1.82) is 0 Å². The van der Waals surface area contributed by atoms with Crippen LogP contribution in [0.15, 0.2) is 30.5 Å². The lowest BCUT2D eigenvalue weighted by Crippen LogP contribution is -2.05. The first-order valence-electron chi connectivity index (χ1n) is 5.64. The summed E-state index contributed by atoms with van der Waals surface area (Å²) in [5.74, 6) is 0.690. The Labute approximate surface area is 126 Å². The number of carbonyl (C=O) groups is 1. The zero-order valence-electron chi connectivity index (χ0n) is 10.8. The van der Waals surface area contributed by atoms with Gasteiger partial charge in [-0.25, -0.2) is 4.98 Å². The minimum absolute atomic E-state index is 0.142. The Kier molecular flexibility index (Phi) is 4.47. The van der Waals surface area contributed by atoms with Crippen molar-refractivity contribution < 1.29 is 14.3 Å². The molecule has 0 saturated carbocycles. The summed E-state index contributed by atoms with van der Waals surface area (Å²) >= 11 is 11.7. The number of hydrogen-bond acceptors (Lipinski definition) is 4. The molecule has 0 aliphatic heterocycles. The van der Waals surface area contributed by atoms with Gasteiger partial charge >= 0.3 is 0 Å². The van der Waals surface area contributed by atoms with Gasteiger partial charge in [0.2, 0.25) is 5.78 Å². The highest BCUT2D eigenvalue weighted by atomic mass is 35.5. The van der Waals surface area contributed by atoms with E-state index in [0.29, 0.717) is 22.1 Å². The van der Waals surface area contributed by atoms with Crippen LogP contribution in [-0.2, 0) is 0 Å². The summed E-state index contributed by atoms with van der Waals surface area (Å²) in [5, 5.41) is 0.580. The summed E-state index contributed by atoms with van der Waals surface area (Å²) in [6.07, 6.45) is 1.38. The first-order chi connectivity index (χ1) is 9.56. The van der Waals surface area contributed by atoms with E-state index in [1.807, 2.05) is 0 Å². The summed E-state index contributed by atoms with van der Waals surface area (Å²) in [4.78, 5) is 16.3. The summed E-state index contributed by atoms with van der Waals surface area (Å²) in [6.45, 7) is 0. The highest BCUT2D eigenvalue weighted by molar-refractivity contribution is 6.37. The van der Waals surface area contributed by atoms with Crippen molar-refractivity contribution in [1.82, 2.24) is 4.98 Å². The van der Waals surface area contributed by atoms with E-state index in [0.717, 1.165) is 0 Å². The molecule has 0 bridgehead atoms. The van der Waals surface area contributed by atoms with E-state index in [9.17, 15) is 4.79 Å². The Hall–Kier alpha value is -1.78. The smallest absolute Gasteiger partial charge is 0.213 e. The Morgan fingerprint density at radius 2 is 1.80 bits per heavy atom. The molecule has 0 aliphatic rings. The maximum atomic E-state index is 12.4. The van der Waals surface area contributed by atoms with E-state index >= 15 is 0 Å². The summed E-state index contributed by atoms with van der Waals surface area (Å²) in [6, 6.07) is 6.32. The lowest BCUT2D eigenvalue weighted by atomic mass is 10.1. The van der Waals surface area contributed by atoms with Crippen molar-refractivity contribution in [2.75, 3.05) is 14.2 Å². The fourth-order valence-corrected chi connectivity index (χ4v) is 2.16. The number of rotatable bonds is 4. The molecule has 0 saturated heterocycles. The Bertz CT molecular complexity index is 659. The van der Waals surface area contributed by atoms with E-state index in [1.165, 1.54) is 26.5 Å². The van der Waals surface area contributed by atoms with Crippen molar-refractivity contribution in [2.24, 2.45) is 0 Å². The van der Waals surface area contributed by atoms with Gasteiger partial charge in [0.05, 0.1) is 24.3 Å². The minimum Gasteiger partial charge on any atom is -0.493 e. The quantitative estimate of drug-likeness (QED) is 0.809. The van der Waals surface area contributed by atoms with Gasteiger partial charge in [-0.1, -0.05) is 23.2 Å². The third-order valence-corrected chi connectivity index (χ3v) is 3.16. The Balaban J connectivity index is 2.43. The number of nitrogens with zero attached hydrogens (tertiary/aromatic N) is 1. The van der Waals surface area contributed by atoms with Crippen LogP contribution in [0, 0.1) is 0 Å². The number of hydrogen-bond donors (Lipinski definition) is 0. The van der Waals surface area contributed by atoms with Crippen LogP contribution in [0.1, 0.15) is 16.1 Å². The Morgan fingerprint density at radius 3 is 2.40 bits per heavy atom. The molecule has 2 aromatic rings. The molecule has 0 radical (unpaired) electrons. The molecule has 0 unspecified atom stereocenters. The van der Waals surface area contributed by atoms with Gasteiger partial charge in [0.15, 0.2) is 11.5 Å². The predicted octanol–water partition coefficient (Wildman–Crippen LogP) is 3.64. The van der Waals surface area contributed by atoms with E-state index < -0.39 is 0 Å². The first-order valence-corrected chi connectivity index (χ1v) is 6.40. The van der Waals surface area contributed by atoms with Gasteiger partial charge in [-0.2, -0.15) is 0 Å². The lowest BCUT2D eigenvalue weighted by molar-refractivity contribution is 0.103. The molecule has 0 fully saturated rings. The Morgan fingerprint density at radius 1 is 1.10 bits per heavy atom. The number of halogens is 2. The monoisotopic (exact) mass is 311 g/mol. The highest BCUT2D eigenvalue weighted by Crippen LogP contribution is 2.29. The average Bonchev–Trinajstić information content (AvgIpc) is 2.45. The van der Waals surface area contributed by atoms with Crippen molar-refractivity contribution in [3.63, 3.8) is 0 Å². The van der Waals surface area contributed by atoms with Gasteiger partial charge in [0.25, 0.3) is 0 Å². The molecule has 4 nitrogen and oxygen atoms in total. The number of methoxy groups -OCH3 is 2. The van der Waals surface area contributed by atoms with Gasteiger partial charge in [0.1, 0.15) is 5.69 Å². The van der Waals surface area contributed by atoms with Crippen molar-refractivity contribution in [3.8, 4) is 11.5 Å². The largest absolute Gasteiger partial charge is 0.493 e. The van der Waals surface area contributed by atoms with Crippen molar-refractivity contribution >= 4 is 29.0 Å². The fourth-order valence-electron chi connectivity index (χ4n) is 1.70. The highest BCUT2D eigenvalue weighted by Gasteiger charge is 2.17. The van der Waals surface area contributed by atoms with Crippen LogP contribution in [0.4, 0.5) is 0 Å². The number of pyridine rings is 1. The molecule has 0 aliphatic carbocycles. The van der Waals surface area contributed by atoms with Crippen LogP contribution < -0.4 is 9.47 Å². The van der Waals surface area contributed by atoms with Gasteiger partial charge in [0, 0.05) is 11.8 Å². The molecule has 6 heteroatoms. The van der Waals surface area contributed by atoms with E-state index in [-0.39, 0.29) is 16.5 Å².